The molecule has 4 heteroatoms. The van der Waals surface area contributed by atoms with Crippen LogP contribution in [0.25, 0.3) is 0 Å². The summed E-state index contributed by atoms with van der Waals surface area (Å²) in [6.45, 7) is 6.44. The second kappa shape index (κ2) is 5.96. The molecule has 0 amide bonds. The van der Waals surface area contributed by atoms with E-state index in [1.807, 2.05) is 6.92 Å². The van der Waals surface area contributed by atoms with Crippen molar-refractivity contribution in [3.8, 4) is 0 Å². The molecule has 0 heterocycles. The van der Waals surface area contributed by atoms with Crippen LogP contribution in [0, 0.1) is 34.5 Å². The van der Waals surface area contributed by atoms with E-state index in [1.54, 1.807) is 0 Å². The van der Waals surface area contributed by atoms with Crippen LogP contribution in [0.3, 0.4) is 0 Å². The third-order valence-corrected chi connectivity index (χ3v) is 7.61. The number of hydrogen-bond acceptors (Lipinski definition) is 3. The second-order valence-electron chi connectivity index (χ2n) is 9.17. The zero-order valence-corrected chi connectivity index (χ0v) is 15.1. The number of Topliss-reactive ketones (excluding diaryl/α,β-unsaturated/α-hetero) is 2. The lowest BCUT2D eigenvalue weighted by Crippen LogP contribution is -2.50. The average Bonchev–Trinajstić information content (AvgIpc) is 2.68. The molecule has 1 N–H and O–H groups in total. The maximum atomic E-state index is 12.9. The molecular formula is C20H30O4. The summed E-state index contributed by atoms with van der Waals surface area (Å²) in [4.78, 5) is 36.2. The Bertz CT molecular complexity index is 568. The predicted octanol–water partition coefficient (Wildman–Crippen LogP) is 3.87. The lowest BCUT2D eigenvalue weighted by atomic mass is 9.52. The van der Waals surface area contributed by atoms with E-state index in [1.165, 1.54) is 0 Å². The van der Waals surface area contributed by atoms with Gasteiger partial charge in [0, 0.05) is 31.1 Å². The monoisotopic (exact) mass is 334 g/mol. The Balaban J connectivity index is 1.97. The summed E-state index contributed by atoms with van der Waals surface area (Å²) < 4.78 is 0. The van der Waals surface area contributed by atoms with Crippen LogP contribution in [0.1, 0.15) is 72.1 Å². The van der Waals surface area contributed by atoms with Gasteiger partial charge in [0.05, 0.1) is 0 Å². The van der Waals surface area contributed by atoms with E-state index in [9.17, 15) is 14.4 Å². The van der Waals surface area contributed by atoms with Gasteiger partial charge in [-0.2, -0.15) is 0 Å². The molecule has 0 bridgehead atoms. The number of fused-ring (bicyclic) bond motifs is 3. The molecule has 0 aromatic rings. The minimum absolute atomic E-state index is 0.0563. The molecule has 134 valence electrons. The van der Waals surface area contributed by atoms with E-state index in [0.717, 1.165) is 19.3 Å². The van der Waals surface area contributed by atoms with Gasteiger partial charge in [-0.3, -0.25) is 14.4 Å². The first kappa shape index (κ1) is 17.6. The molecule has 24 heavy (non-hydrogen) atoms. The quantitative estimate of drug-likeness (QED) is 0.850. The molecule has 0 aromatic carbocycles. The summed E-state index contributed by atoms with van der Waals surface area (Å²) in [5.41, 5.74) is -0.453. The van der Waals surface area contributed by atoms with Crippen LogP contribution in [0.5, 0.6) is 0 Å². The minimum atomic E-state index is -0.825. The third kappa shape index (κ3) is 2.72. The Morgan fingerprint density at radius 3 is 2.58 bits per heavy atom. The van der Waals surface area contributed by atoms with E-state index >= 15 is 0 Å². The topological polar surface area (TPSA) is 71.4 Å². The summed E-state index contributed by atoms with van der Waals surface area (Å²) in [6, 6.07) is 0. The third-order valence-electron chi connectivity index (χ3n) is 7.61. The standard InChI is InChI=1S/C20H30O4/c1-12-9-16(22)20(3,8-6-17(23)24)14-5-4-7-19(2)11-13(21)10-15(19)18(12)14/h12,14-15,18H,4-11H2,1-3H3,(H,23,24). The molecule has 4 nitrogen and oxygen atoms in total. The van der Waals surface area contributed by atoms with Gasteiger partial charge in [0.1, 0.15) is 11.6 Å². The molecule has 3 rings (SSSR count). The highest BCUT2D eigenvalue weighted by molar-refractivity contribution is 5.87. The van der Waals surface area contributed by atoms with Gasteiger partial charge >= 0.3 is 5.97 Å². The van der Waals surface area contributed by atoms with Gasteiger partial charge in [-0.25, -0.2) is 0 Å². The van der Waals surface area contributed by atoms with Gasteiger partial charge in [0.15, 0.2) is 0 Å². The van der Waals surface area contributed by atoms with Crippen molar-refractivity contribution in [2.75, 3.05) is 0 Å². The molecule has 3 fully saturated rings. The number of aliphatic carboxylic acids is 1. The van der Waals surface area contributed by atoms with Crippen molar-refractivity contribution in [3.63, 3.8) is 0 Å². The zero-order valence-electron chi connectivity index (χ0n) is 15.1. The molecule has 0 radical (unpaired) electrons. The highest BCUT2D eigenvalue weighted by Crippen LogP contribution is 2.61. The van der Waals surface area contributed by atoms with Gasteiger partial charge < -0.3 is 5.11 Å². The van der Waals surface area contributed by atoms with Crippen molar-refractivity contribution >= 4 is 17.5 Å². The van der Waals surface area contributed by atoms with Crippen molar-refractivity contribution in [3.05, 3.63) is 0 Å². The molecule has 0 aromatic heterocycles. The van der Waals surface area contributed by atoms with Crippen molar-refractivity contribution in [1.29, 1.82) is 0 Å². The van der Waals surface area contributed by atoms with Gasteiger partial charge in [-0.1, -0.05) is 27.2 Å². The number of carboxylic acids is 1. The molecule has 6 unspecified atom stereocenters. The van der Waals surface area contributed by atoms with E-state index in [2.05, 4.69) is 13.8 Å². The van der Waals surface area contributed by atoms with E-state index < -0.39 is 11.4 Å². The maximum absolute atomic E-state index is 12.9. The first-order valence-electron chi connectivity index (χ1n) is 9.44. The van der Waals surface area contributed by atoms with Crippen molar-refractivity contribution in [2.24, 2.45) is 34.5 Å². The number of carbonyl (C=O) groups is 3. The number of hydrogen-bond donors (Lipinski definition) is 1. The van der Waals surface area contributed by atoms with Crippen molar-refractivity contribution < 1.29 is 19.5 Å². The molecule has 0 aliphatic heterocycles. The smallest absolute Gasteiger partial charge is 0.303 e. The van der Waals surface area contributed by atoms with Crippen LogP contribution < -0.4 is 0 Å². The van der Waals surface area contributed by atoms with Gasteiger partial charge in [-0.05, 0) is 48.3 Å². The number of rotatable bonds is 3. The number of carboxylic acid groups (broad SMARTS) is 1. The van der Waals surface area contributed by atoms with Crippen LogP contribution >= 0.6 is 0 Å². The number of ketones is 2. The Morgan fingerprint density at radius 1 is 1.21 bits per heavy atom. The normalized spacial score (nSPS) is 45.5. The Hall–Kier alpha value is -1.19. The van der Waals surface area contributed by atoms with Crippen LogP contribution in [0.4, 0.5) is 0 Å². The first-order chi connectivity index (χ1) is 11.2. The van der Waals surface area contributed by atoms with Crippen LogP contribution in [0.15, 0.2) is 0 Å². The number of carbonyl (C=O) groups excluding carboxylic acids is 2. The van der Waals surface area contributed by atoms with Crippen LogP contribution in [0.2, 0.25) is 0 Å². The minimum Gasteiger partial charge on any atom is -0.481 e. The fourth-order valence-electron chi connectivity index (χ4n) is 6.31. The highest BCUT2D eigenvalue weighted by Gasteiger charge is 2.58. The zero-order chi connectivity index (χ0) is 17.7. The molecule has 0 spiro atoms. The lowest BCUT2D eigenvalue weighted by Gasteiger charge is -2.51. The lowest BCUT2D eigenvalue weighted by molar-refractivity contribution is -0.146. The SMILES string of the molecule is CC1CC(=O)C(C)(CCC(=O)O)C2CCCC3(C)CC(=O)CC3C12. The molecular weight excluding hydrogens is 304 g/mol. The van der Waals surface area contributed by atoms with Gasteiger partial charge in [-0.15, -0.1) is 0 Å². The van der Waals surface area contributed by atoms with E-state index in [0.29, 0.717) is 49.2 Å². The first-order valence-corrected chi connectivity index (χ1v) is 9.44. The summed E-state index contributed by atoms with van der Waals surface area (Å²) in [6.07, 6.45) is 5.48. The predicted molar refractivity (Wildman–Crippen MR) is 90.4 cm³/mol. The Kier molecular flexibility index (Phi) is 4.38. The fourth-order valence-corrected chi connectivity index (χ4v) is 6.31. The van der Waals surface area contributed by atoms with Crippen LogP contribution in [-0.4, -0.2) is 22.6 Å². The largest absolute Gasteiger partial charge is 0.481 e. The van der Waals surface area contributed by atoms with E-state index in [-0.39, 0.29) is 23.5 Å². The Labute approximate surface area is 144 Å². The fraction of sp³-hybridized carbons (Fsp3) is 0.850. The Morgan fingerprint density at radius 2 is 1.92 bits per heavy atom. The van der Waals surface area contributed by atoms with Gasteiger partial charge in [0.2, 0.25) is 0 Å². The van der Waals surface area contributed by atoms with Gasteiger partial charge in [0.25, 0.3) is 0 Å². The van der Waals surface area contributed by atoms with Crippen molar-refractivity contribution in [1.82, 2.24) is 0 Å². The molecule has 0 saturated heterocycles. The molecule has 6 atom stereocenters. The molecule has 3 aliphatic carbocycles. The molecule has 3 saturated carbocycles. The summed E-state index contributed by atoms with van der Waals surface area (Å²) >= 11 is 0. The maximum Gasteiger partial charge on any atom is 0.303 e. The highest BCUT2D eigenvalue weighted by atomic mass is 16.4. The summed E-state index contributed by atoms with van der Waals surface area (Å²) in [7, 11) is 0. The summed E-state index contributed by atoms with van der Waals surface area (Å²) in [5.74, 6) is 1.06. The van der Waals surface area contributed by atoms with Crippen LogP contribution in [-0.2, 0) is 14.4 Å². The van der Waals surface area contributed by atoms with Crippen molar-refractivity contribution in [2.45, 2.75) is 72.1 Å². The summed E-state index contributed by atoms with van der Waals surface area (Å²) in [5, 5.41) is 9.12. The average molecular weight is 334 g/mol. The van der Waals surface area contributed by atoms with E-state index in [4.69, 9.17) is 5.11 Å². The second-order valence-corrected chi connectivity index (χ2v) is 9.17. The molecule has 3 aliphatic rings.